The van der Waals surface area contributed by atoms with Crippen molar-refractivity contribution < 1.29 is 4.79 Å². The predicted molar refractivity (Wildman–Crippen MR) is 120 cm³/mol. The summed E-state index contributed by atoms with van der Waals surface area (Å²) in [6.07, 6.45) is 25.5. The van der Waals surface area contributed by atoms with Crippen LogP contribution in [0.1, 0.15) is 135 Å². The molecule has 0 aromatic carbocycles. The first-order chi connectivity index (χ1) is 13.3. The molecule has 0 heterocycles. The monoisotopic (exact) mass is 382 g/mol. The number of unbranched alkanes of at least 4 members (excludes halogenated alkanes) is 17. The number of rotatable bonds is 22. The molecule has 0 saturated heterocycles. The van der Waals surface area contributed by atoms with E-state index >= 15 is 0 Å². The number of hydrogen-bond acceptors (Lipinski definition) is 2. The number of hydrogen-bond donors (Lipinski definition) is 2. The van der Waals surface area contributed by atoms with Crippen LogP contribution < -0.4 is 11.1 Å². The molecule has 1 amide bonds. The van der Waals surface area contributed by atoms with Crippen molar-refractivity contribution >= 4 is 5.91 Å². The fourth-order valence-electron chi connectivity index (χ4n) is 3.60. The number of nitrogens with one attached hydrogen (secondary N) is 1. The van der Waals surface area contributed by atoms with Gasteiger partial charge in [-0.15, -0.1) is 0 Å². The second-order valence-corrected chi connectivity index (χ2v) is 8.25. The van der Waals surface area contributed by atoms with Gasteiger partial charge in [0.1, 0.15) is 0 Å². The molecule has 27 heavy (non-hydrogen) atoms. The van der Waals surface area contributed by atoms with E-state index in [1.165, 1.54) is 109 Å². The maximum atomic E-state index is 11.8. The van der Waals surface area contributed by atoms with Crippen LogP contribution in [0.2, 0.25) is 0 Å². The van der Waals surface area contributed by atoms with E-state index in [-0.39, 0.29) is 5.91 Å². The molecule has 0 rings (SSSR count). The Hall–Kier alpha value is -0.570. The van der Waals surface area contributed by atoms with Gasteiger partial charge in [0.25, 0.3) is 0 Å². The Labute approximate surface area is 170 Å². The maximum Gasteiger partial charge on any atom is 0.219 e. The molecule has 0 unspecified atom stereocenters. The van der Waals surface area contributed by atoms with Crippen molar-refractivity contribution in [2.45, 2.75) is 135 Å². The molecule has 0 aliphatic rings. The van der Waals surface area contributed by atoms with Gasteiger partial charge in [-0.3, -0.25) is 4.79 Å². The summed E-state index contributed by atoms with van der Waals surface area (Å²) in [6, 6.07) is 0. The zero-order valence-corrected chi connectivity index (χ0v) is 18.5. The van der Waals surface area contributed by atoms with Crippen molar-refractivity contribution in [3.05, 3.63) is 0 Å². The van der Waals surface area contributed by atoms with Crippen LogP contribution in [0.5, 0.6) is 0 Å². The second-order valence-electron chi connectivity index (χ2n) is 8.25. The Balaban J connectivity index is 3.13. The van der Waals surface area contributed by atoms with Gasteiger partial charge >= 0.3 is 0 Å². The van der Waals surface area contributed by atoms with Gasteiger partial charge in [-0.05, 0) is 25.8 Å². The minimum absolute atomic E-state index is 0.260. The van der Waals surface area contributed by atoms with E-state index in [4.69, 9.17) is 5.73 Å². The summed E-state index contributed by atoms with van der Waals surface area (Å²) in [5.74, 6) is 0.260. The third-order valence-electron chi connectivity index (χ3n) is 5.46. The molecule has 0 bridgehead atoms. The Kier molecular flexibility index (Phi) is 23.0. The minimum Gasteiger partial charge on any atom is -0.356 e. The summed E-state index contributed by atoms with van der Waals surface area (Å²) in [5, 5.41) is 3.09. The highest BCUT2D eigenvalue weighted by Crippen LogP contribution is 2.11. The van der Waals surface area contributed by atoms with E-state index in [0.29, 0.717) is 0 Å². The summed E-state index contributed by atoms with van der Waals surface area (Å²) in [4.78, 5) is 11.8. The summed E-state index contributed by atoms with van der Waals surface area (Å²) in [5.41, 5.74) is 5.50. The summed E-state index contributed by atoms with van der Waals surface area (Å²) < 4.78 is 0. The van der Waals surface area contributed by atoms with Gasteiger partial charge in [0.2, 0.25) is 5.91 Å². The van der Waals surface area contributed by atoms with E-state index in [0.717, 1.165) is 32.4 Å². The summed E-state index contributed by atoms with van der Waals surface area (Å²) >= 11 is 0. The largest absolute Gasteiger partial charge is 0.356 e. The lowest BCUT2D eigenvalue weighted by molar-refractivity contribution is -0.121. The first-order valence-electron chi connectivity index (χ1n) is 12.3. The molecule has 0 fully saturated rings. The molecule has 0 spiro atoms. The van der Waals surface area contributed by atoms with Crippen molar-refractivity contribution in [1.82, 2.24) is 5.32 Å². The van der Waals surface area contributed by atoms with Gasteiger partial charge in [-0.1, -0.05) is 110 Å². The van der Waals surface area contributed by atoms with Gasteiger partial charge in [-0.2, -0.15) is 0 Å². The average Bonchev–Trinajstić information content (AvgIpc) is 2.67. The van der Waals surface area contributed by atoms with Crippen LogP contribution in [0.4, 0.5) is 0 Å². The average molecular weight is 383 g/mol. The van der Waals surface area contributed by atoms with Crippen LogP contribution in [0.15, 0.2) is 0 Å². The van der Waals surface area contributed by atoms with Gasteiger partial charge in [0.05, 0.1) is 0 Å². The molecule has 0 aliphatic carbocycles. The molecule has 0 aromatic rings. The van der Waals surface area contributed by atoms with Crippen LogP contribution in [0, 0.1) is 0 Å². The lowest BCUT2D eigenvalue weighted by Gasteiger charge is -2.06. The zero-order chi connectivity index (χ0) is 19.8. The number of amides is 1. The molecule has 0 aromatic heterocycles. The SMILES string of the molecule is CCCCCCCCCCCC(=O)NCCCCCCCCCCCCN. The predicted octanol–water partition coefficient (Wildman–Crippen LogP) is 6.88. The fourth-order valence-corrected chi connectivity index (χ4v) is 3.60. The standard InChI is InChI=1S/C24H50N2O/c1-2-3-4-5-6-9-12-15-18-21-24(27)26-23-20-17-14-11-8-7-10-13-16-19-22-25/h2-23,25H2,1H3,(H,26,27). The number of carbonyl (C=O) groups excluding carboxylic acids is 1. The van der Waals surface area contributed by atoms with Gasteiger partial charge in [-0.25, -0.2) is 0 Å². The number of nitrogens with two attached hydrogens (primary N) is 1. The van der Waals surface area contributed by atoms with E-state index in [2.05, 4.69) is 12.2 Å². The third-order valence-corrected chi connectivity index (χ3v) is 5.46. The lowest BCUT2D eigenvalue weighted by Crippen LogP contribution is -2.23. The second kappa shape index (κ2) is 23.5. The fraction of sp³-hybridized carbons (Fsp3) is 0.958. The topological polar surface area (TPSA) is 55.1 Å². The minimum atomic E-state index is 0.260. The summed E-state index contributed by atoms with van der Waals surface area (Å²) in [7, 11) is 0. The Bertz CT molecular complexity index is 294. The highest BCUT2D eigenvalue weighted by Gasteiger charge is 2.00. The lowest BCUT2D eigenvalue weighted by atomic mass is 10.1. The van der Waals surface area contributed by atoms with Gasteiger partial charge in [0.15, 0.2) is 0 Å². The molecule has 0 radical (unpaired) electrons. The Morgan fingerprint density at radius 3 is 1.48 bits per heavy atom. The maximum absolute atomic E-state index is 11.8. The van der Waals surface area contributed by atoms with Crippen molar-refractivity contribution in [3.8, 4) is 0 Å². The van der Waals surface area contributed by atoms with Crippen molar-refractivity contribution in [1.29, 1.82) is 0 Å². The van der Waals surface area contributed by atoms with E-state index < -0.39 is 0 Å². The van der Waals surface area contributed by atoms with Gasteiger partial charge in [0, 0.05) is 13.0 Å². The van der Waals surface area contributed by atoms with Crippen LogP contribution in [-0.2, 0) is 4.79 Å². The Morgan fingerprint density at radius 2 is 1.00 bits per heavy atom. The zero-order valence-electron chi connectivity index (χ0n) is 18.5. The van der Waals surface area contributed by atoms with Crippen molar-refractivity contribution in [3.63, 3.8) is 0 Å². The molecule has 3 heteroatoms. The molecule has 3 nitrogen and oxygen atoms in total. The molecule has 162 valence electrons. The van der Waals surface area contributed by atoms with Crippen LogP contribution in [-0.4, -0.2) is 19.0 Å². The smallest absolute Gasteiger partial charge is 0.219 e. The van der Waals surface area contributed by atoms with E-state index in [1.807, 2.05) is 0 Å². The van der Waals surface area contributed by atoms with Gasteiger partial charge < -0.3 is 11.1 Å². The first kappa shape index (κ1) is 26.4. The first-order valence-corrected chi connectivity index (χ1v) is 12.3. The van der Waals surface area contributed by atoms with Crippen LogP contribution >= 0.6 is 0 Å². The summed E-state index contributed by atoms with van der Waals surface area (Å²) in [6.45, 7) is 3.98. The highest BCUT2D eigenvalue weighted by molar-refractivity contribution is 5.75. The highest BCUT2D eigenvalue weighted by atomic mass is 16.1. The van der Waals surface area contributed by atoms with Crippen molar-refractivity contribution in [2.24, 2.45) is 5.73 Å². The molecule has 0 saturated carbocycles. The molecular formula is C24H50N2O. The van der Waals surface area contributed by atoms with E-state index in [9.17, 15) is 4.79 Å². The quantitative estimate of drug-likeness (QED) is 0.200. The Morgan fingerprint density at radius 1 is 0.593 bits per heavy atom. The van der Waals surface area contributed by atoms with Crippen LogP contribution in [0.25, 0.3) is 0 Å². The van der Waals surface area contributed by atoms with Crippen molar-refractivity contribution in [2.75, 3.05) is 13.1 Å². The molecule has 3 N–H and O–H groups in total. The van der Waals surface area contributed by atoms with E-state index in [1.54, 1.807) is 0 Å². The molecule has 0 aliphatic heterocycles. The molecular weight excluding hydrogens is 332 g/mol. The third kappa shape index (κ3) is 23.4. The normalized spacial score (nSPS) is 11.0. The van der Waals surface area contributed by atoms with Crippen LogP contribution in [0.3, 0.4) is 0 Å². The number of carbonyl (C=O) groups is 1. The molecule has 0 atom stereocenters.